The van der Waals surface area contributed by atoms with Crippen LogP contribution in [0, 0.1) is 0 Å². The van der Waals surface area contributed by atoms with Gasteiger partial charge in [0.15, 0.2) is 0 Å². The first-order valence-corrected chi connectivity index (χ1v) is 6.85. The molecule has 3 heterocycles. The van der Waals surface area contributed by atoms with Gasteiger partial charge in [0.1, 0.15) is 11.5 Å². The Morgan fingerprint density at radius 1 is 1.20 bits per heavy atom. The van der Waals surface area contributed by atoms with Crippen LogP contribution in [0.3, 0.4) is 0 Å². The second kappa shape index (κ2) is 6.30. The van der Waals surface area contributed by atoms with Crippen LogP contribution in [0.2, 0.25) is 0 Å². The number of hydrogen-bond acceptors (Lipinski definition) is 4. The minimum Gasteiger partial charge on any atom is -0.454 e. The van der Waals surface area contributed by atoms with Crippen LogP contribution in [0.5, 0.6) is 11.5 Å². The number of aromatic nitrogens is 2. The van der Waals surface area contributed by atoms with E-state index < -0.39 is 0 Å². The van der Waals surface area contributed by atoms with Gasteiger partial charge in [0.2, 0.25) is 0 Å². The summed E-state index contributed by atoms with van der Waals surface area (Å²) in [4.78, 5) is 8.23. The molecule has 3 rings (SSSR count). The summed E-state index contributed by atoms with van der Waals surface area (Å²) in [6, 6.07) is 6.18. The number of ether oxygens (including phenoxy) is 1. The van der Waals surface area contributed by atoms with E-state index in [2.05, 4.69) is 27.4 Å². The van der Waals surface area contributed by atoms with Gasteiger partial charge in [-0.1, -0.05) is 12.2 Å². The van der Waals surface area contributed by atoms with Crippen molar-refractivity contribution < 1.29 is 4.74 Å². The largest absolute Gasteiger partial charge is 0.454 e. The summed E-state index contributed by atoms with van der Waals surface area (Å²) in [5, 5.41) is 3.43. The Bertz CT molecular complexity index is 577. The minimum atomic E-state index is 0.484. The lowest BCUT2D eigenvalue weighted by molar-refractivity contribution is 0.478. The lowest BCUT2D eigenvalue weighted by atomic mass is 10.2. The van der Waals surface area contributed by atoms with Gasteiger partial charge in [-0.15, -0.1) is 0 Å². The molecule has 1 N–H and O–H groups in total. The van der Waals surface area contributed by atoms with Crippen LogP contribution in [0.15, 0.2) is 49.1 Å². The molecule has 0 amide bonds. The molecule has 0 spiro atoms. The second-order valence-electron chi connectivity index (χ2n) is 4.81. The molecule has 0 saturated carbocycles. The number of nitrogens with one attached hydrogen (secondary N) is 1. The van der Waals surface area contributed by atoms with Crippen molar-refractivity contribution in [3.05, 3.63) is 54.6 Å². The molecule has 1 atom stereocenters. The van der Waals surface area contributed by atoms with E-state index in [4.69, 9.17) is 4.74 Å². The smallest absolute Gasteiger partial charge is 0.146 e. The molecule has 0 bridgehead atoms. The average molecular weight is 267 g/mol. The van der Waals surface area contributed by atoms with Crippen molar-refractivity contribution >= 4 is 6.08 Å². The molecule has 1 unspecified atom stereocenters. The standard InChI is InChI=1S/C16H17N3O/c1-3-14(19-8-1)6-5-13-9-16(12-18-10-13)20-15-4-2-7-17-11-15/h2,4-7,9-12,14,19H,1,3,8H2. The lowest BCUT2D eigenvalue weighted by Crippen LogP contribution is -2.17. The first-order valence-electron chi connectivity index (χ1n) is 6.85. The summed E-state index contributed by atoms with van der Waals surface area (Å²) in [6.45, 7) is 1.11. The van der Waals surface area contributed by atoms with Crippen LogP contribution in [0.4, 0.5) is 0 Å². The summed E-state index contributed by atoms with van der Waals surface area (Å²) >= 11 is 0. The third-order valence-corrected chi connectivity index (χ3v) is 3.22. The Labute approximate surface area is 118 Å². The molecule has 4 heteroatoms. The molecule has 0 aromatic carbocycles. The zero-order chi connectivity index (χ0) is 13.6. The Hall–Kier alpha value is -2.20. The lowest BCUT2D eigenvalue weighted by Gasteiger charge is -2.05. The molecule has 2 aromatic rings. The Balaban J connectivity index is 1.69. The molecule has 0 aliphatic carbocycles. The maximum absolute atomic E-state index is 5.72. The van der Waals surface area contributed by atoms with Gasteiger partial charge in [-0.05, 0) is 43.1 Å². The molecule has 20 heavy (non-hydrogen) atoms. The van der Waals surface area contributed by atoms with E-state index in [0.29, 0.717) is 11.8 Å². The Morgan fingerprint density at radius 2 is 2.15 bits per heavy atom. The third-order valence-electron chi connectivity index (χ3n) is 3.22. The van der Waals surface area contributed by atoms with Crippen molar-refractivity contribution in [3.8, 4) is 11.5 Å². The molecular formula is C16H17N3O. The summed E-state index contributed by atoms with van der Waals surface area (Å²) in [6.07, 6.45) is 13.7. The molecule has 4 nitrogen and oxygen atoms in total. The molecule has 2 aromatic heterocycles. The van der Waals surface area contributed by atoms with Crippen molar-refractivity contribution in [2.24, 2.45) is 0 Å². The molecular weight excluding hydrogens is 250 g/mol. The normalized spacial score (nSPS) is 18.5. The fourth-order valence-corrected chi connectivity index (χ4v) is 2.23. The molecule has 0 radical (unpaired) electrons. The van der Waals surface area contributed by atoms with Crippen LogP contribution in [-0.4, -0.2) is 22.6 Å². The first kappa shape index (κ1) is 12.8. The second-order valence-corrected chi connectivity index (χ2v) is 4.81. The first-order chi connectivity index (χ1) is 9.90. The van der Waals surface area contributed by atoms with E-state index in [9.17, 15) is 0 Å². The van der Waals surface area contributed by atoms with Gasteiger partial charge in [0.05, 0.1) is 12.4 Å². The van der Waals surface area contributed by atoms with Crippen molar-refractivity contribution in [2.75, 3.05) is 6.54 Å². The Kier molecular flexibility index (Phi) is 4.04. The summed E-state index contributed by atoms with van der Waals surface area (Å²) in [5.41, 5.74) is 1.04. The van der Waals surface area contributed by atoms with Crippen LogP contribution < -0.4 is 10.1 Å². The van der Waals surface area contributed by atoms with E-state index in [-0.39, 0.29) is 0 Å². The van der Waals surface area contributed by atoms with E-state index >= 15 is 0 Å². The predicted octanol–water partition coefficient (Wildman–Crippen LogP) is 3.03. The number of nitrogens with zero attached hydrogens (tertiary/aromatic N) is 2. The highest BCUT2D eigenvalue weighted by Crippen LogP contribution is 2.20. The summed E-state index contributed by atoms with van der Waals surface area (Å²) in [7, 11) is 0. The molecule has 1 fully saturated rings. The van der Waals surface area contributed by atoms with Crippen LogP contribution in [0.1, 0.15) is 18.4 Å². The van der Waals surface area contributed by atoms with E-state index in [1.165, 1.54) is 12.8 Å². The molecule has 1 aliphatic heterocycles. The van der Waals surface area contributed by atoms with Gasteiger partial charge >= 0.3 is 0 Å². The van der Waals surface area contributed by atoms with Crippen LogP contribution >= 0.6 is 0 Å². The average Bonchev–Trinajstić information content (AvgIpc) is 3.00. The number of rotatable bonds is 4. The molecule has 102 valence electrons. The Morgan fingerprint density at radius 3 is 2.95 bits per heavy atom. The monoisotopic (exact) mass is 267 g/mol. The maximum Gasteiger partial charge on any atom is 0.146 e. The summed E-state index contributed by atoms with van der Waals surface area (Å²) in [5.74, 6) is 1.44. The van der Waals surface area contributed by atoms with E-state index in [1.807, 2.05) is 24.4 Å². The minimum absolute atomic E-state index is 0.484. The SMILES string of the molecule is C(=CC1CCCN1)c1cncc(Oc2cccnc2)c1. The zero-order valence-corrected chi connectivity index (χ0v) is 11.2. The van der Waals surface area contributed by atoms with Gasteiger partial charge in [-0.3, -0.25) is 9.97 Å². The quantitative estimate of drug-likeness (QED) is 0.925. The summed E-state index contributed by atoms with van der Waals surface area (Å²) < 4.78 is 5.72. The predicted molar refractivity (Wildman–Crippen MR) is 78.6 cm³/mol. The highest BCUT2D eigenvalue weighted by atomic mass is 16.5. The van der Waals surface area contributed by atoms with Gasteiger partial charge in [-0.2, -0.15) is 0 Å². The third kappa shape index (κ3) is 3.42. The van der Waals surface area contributed by atoms with Gasteiger partial charge in [0.25, 0.3) is 0 Å². The number of pyridine rings is 2. The van der Waals surface area contributed by atoms with E-state index in [1.54, 1.807) is 18.6 Å². The van der Waals surface area contributed by atoms with Crippen molar-refractivity contribution in [2.45, 2.75) is 18.9 Å². The highest BCUT2D eigenvalue weighted by molar-refractivity contribution is 5.51. The zero-order valence-electron chi connectivity index (χ0n) is 11.2. The van der Waals surface area contributed by atoms with Gasteiger partial charge in [-0.25, -0.2) is 0 Å². The van der Waals surface area contributed by atoms with Crippen molar-refractivity contribution in [1.82, 2.24) is 15.3 Å². The number of hydrogen-bond donors (Lipinski definition) is 1. The van der Waals surface area contributed by atoms with Crippen molar-refractivity contribution in [1.29, 1.82) is 0 Å². The molecule has 1 saturated heterocycles. The van der Waals surface area contributed by atoms with Gasteiger partial charge in [0, 0.05) is 18.4 Å². The van der Waals surface area contributed by atoms with Crippen LogP contribution in [0.25, 0.3) is 6.08 Å². The highest BCUT2D eigenvalue weighted by Gasteiger charge is 2.09. The molecule has 1 aliphatic rings. The topological polar surface area (TPSA) is 47.0 Å². The van der Waals surface area contributed by atoms with Gasteiger partial charge < -0.3 is 10.1 Å². The fourth-order valence-electron chi connectivity index (χ4n) is 2.23. The maximum atomic E-state index is 5.72. The van der Waals surface area contributed by atoms with Crippen LogP contribution in [-0.2, 0) is 0 Å². The fraction of sp³-hybridized carbons (Fsp3) is 0.250. The van der Waals surface area contributed by atoms with E-state index in [0.717, 1.165) is 17.9 Å². The van der Waals surface area contributed by atoms with Crippen molar-refractivity contribution in [3.63, 3.8) is 0 Å².